The largest absolute Gasteiger partial charge is 0.447 e. The van der Waals surface area contributed by atoms with E-state index in [4.69, 9.17) is 9.57 Å². The number of hydroxylamine groups is 1. The Morgan fingerprint density at radius 3 is 2.47 bits per heavy atom. The average molecular weight is 411 g/mol. The van der Waals surface area contributed by atoms with Crippen LogP contribution in [0.3, 0.4) is 0 Å². The lowest BCUT2D eigenvalue weighted by Gasteiger charge is -2.25. The first-order chi connectivity index (χ1) is 14.7. The van der Waals surface area contributed by atoms with Gasteiger partial charge in [0.2, 0.25) is 5.91 Å². The molecule has 6 nitrogen and oxygen atoms in total. The van der Waals surface area contributed by atoms with E-state index in [1.807, 2.05) is 60.7 Å². The molecular weight excluding hydrogens is 380 g/mol. The average Bonchev–Trinajstić information content (AvgIpc) is 3.14. The highest BCUT2D eigenvalue weighted by Gasteiger charge is 2.40. The molecule has 2 atom stereocenters. The summed E-state index contributed by atoms with van der Waals surface area (Å²) in [4.78, 5) is 32.5. The first-order valence-electron chi connectivity index (χ1n) is 10.6. The Morgan fingerprint density at radius 2 is 1.80 bits per heavy atom. The van der Waals surface area contributed by atoms with Gasteiger partial charge >= 0.3 is 6.09 Å². The number of rotatable bonds is 11. The van der Waals surface area contributed by atoms with Crippen molar-refractivity contribution in [2.75, 3.05) is 13.2 Å². The zero-order valence-corrected chi connectivity index (χ0v) is 17.5. The van der Waals surface area contributed by atoms with Crippen LogP contribution in [0, 0.1) is 5.92 Å². The standard InChI is InChI=1S/C24H30N2O4/c1-2-3-14-21(16-25-30-17-20-12-8-5-9-13-20)23(27)26-22(18-29-24(26)28)15-19-10-6-4-7-11-19/h4-13,21-22,25H,2-3,14-18H2,1H3/t21-,22+/m1/s1. The molecule has 0 spiro atoms. The molecule has 0 radical (unpaired) electrons. The number of hydrogen-bond acceptors (Lipinski definition) is 5. The summed E-state index contributed by atoms with van der Waals surface area (Å²) < 4.78 is 5.22. The normalized spacial score (nSPS) is 17.0. The summed E-state index contributed by atoms with van der Waals surface area (Å²) in [6, 6.07) is 19.4. The van der Waals surface area contributed by atoms with Crippen molar-refractivity contribution in [3.8, 4) is 0 Å². The predicted octanol–water partition coefficient (Wildman–Crippen LogP) is 4.10. The molecule has 1 aliphatic rings. The van der Waals surface area contributed by atoms with Crippen LogP contribution in [0.15, 0.2) is 60.7 Å². The molecule has 0 unspecified atom stereocenters. The highest BCUT2D eigenvalue weighted by molar-refractivity contribution is 5.95. The lowest BCUT2D eigenvalue weighted by atomic mass is 9.99. The number of imide groups is 1. The molecule has 1 aliphatic heterocycles. The van der Waals surface area contributed by atoms with Crippen LogP contribution >= 0.6 is 0 Å². The van der Waals surface area contributed by atoms with Gasteiger partial charge in [0, 0.05) is 6.54 Å². The van der Waals surface area contributed by atoms with Crippen LogP contribution < -0.4 is 5.48 Å². The molecule has 2 aromatic rings. The highest BCUT2D eigenvalue weighted by Crippen LogP contribution is 2.22. The number of cyclic esters (lactones) is 1. The Bertz CT molecular complexity index is 797. The SMILES string of the molecule is CCCC[C@H](CNOCc1ccccc1)C(=O)N1C(=O)OC[C@@H]1Cc1ccccc1. The zero-order valence-electron chi connectivity index (χ0n) is 17.5. The predicted molar refractivity (Wildman–Crippen MR) is 114 cm³/mol. The van der Waals surface area contributed by atoms with E-state index in [1.54, 1.807) is 0 Å². The van der Waals surface area contributed by atoms with Crippen LogP contribution in [0.1, 0.15) is 37.3 Å². The number of ether oxygens (including phenoxy) is 1. The van der Waals surface area contributed by atoms with Gasteiger partial charge in [-0.2, -0.15) is 0 Å². The van der Waals surface area contributed by atoms with Crippen molar-refractivity contribution in [1.82, 2.24) is 10.4 Å². The molecule has 160 valence electrons. The van der Waals surface area contributed by atoms with Crippen LogP contribution in [0.5, 0.6) is 0 Å². The topological polar surface area (TPSA) is 67.9 Å². The van der Waals surface area contributed by atoms with Gasteiger partial charge in [-0.15, -0.1) is 0 Å². The van der Waals surface area contributed by atoms with Gasteiger partial charge in [-0.25, -0.2) is 15.2 Å². The van der Waals surface area contributed by atoms with Crippen LogP contribution in [-0.2, 0) is 27.4 Å². The van der Waals surface area contributed by atoms with Crippen molar-refractivity contribution >= 4 is 12.0 Å². The third-order valence-electron chi connectivity index (χ3n) is 5.28. The van der Waals surface area contributed by atoms with Crippen molar-refractivity contribution in [2.45, 2.75) is 45.3 Å². The number of unbranched alkanes of at least 4 members (excludes halogenated alkanes) is 1. The summed E-state index contributed by atoms with van der Waals surface area (Å²) in [5.74, 6) is -0.535. The Morgan fingerprint density at radius 1 is 1.13 bits per heavy atom. The molecule has 2 amide bonds. The molecule has 1 heterocycles. The van der Waals surface area contributed by atoms with E-state index in [2.05, 4.69) is 12.4 Å². The Kier molecular flexibility index (Phi) is 8.41. The van der Waals surface area contributed by atoms with Crippen molar-refractivity contribution in [1.29, 1.82) is 0 Å². The van der Waals surface area contributed by atoms with Crippen LogP contribution in [0.25, 0.3) is 0 Å². The second kappa shape index (κ2) is 11.5. The van der Waals surface area contributed by atoms with Gasteiger partial charge in [-0.1, -0.05) is 80.4 Å². The molecule has 1 N–H and O–H groups in total. The van der Waals surface area contributed by atoms with E-state index in [9.17, 15) is 9.59 Å². The van der Waals surface area contributed by atoms with E-state index in [-0.39, 0.29) is 24.5 Å². The lowest BCUT2D eigenvalue weighted by Crippen LogP contribution is -2.46. The van der Waals surface area contributed by atoms with Gasteiger partial charge in [-0.3, -0.25) is 9.63 Å². The van der Waals surface area contributed by atoms with E-state index in [1.165, 1.54) is 4.90 Å². The summed E-state index contributed by atoms with van der Waals surface area (Å²) in [5.41, 5.74) is 5.05. The molecule has 6 heteroatoms. The maximum atomic E-state index is 13.3. The van der Waals surface area contributed by atoms with Crippen molar-refractivity contribution in [3.05, 3.63) is 71.8 Å². The van der Waals surface area contributed by atoms with Gasteiger partial charge in [0.15, 0.2) is 0 Å². The van der Waals surface area contributed by atoms with Gasteiger partial charge in [0.1, 0.15) is 6.61 Å². The molecule has 3 rings (SSSR count). The maximum Gasteiger partial charge on any atom is 0.416 e. The van der Waals surface area contributed by atoms with Crippen molar-refractivity contribution < 1.29 is 19.2 Å². The van der Waals surface area contributed by atoms with Crippen molar-refractivity contribution in [2.24, 2.45) is 5.92 Å². The molecule has 0 saturated carbocycles. The number of benzene rings is 2. The first-order valence-corrected chi connectivity index (χ1v) is 10.6. The lowest BCUT2D eigenvalue weighted by molar-refractivity contribution is -0.134. The molecule has 0 bridgehead atoms. The number of carbonyl (C=O) groups is 2. The fraction of sp³-hybridized carbons (Fsp3) is 0.417. The number of carbonyl (C=O) groups excluding carboxylic acids is 2. The molecule has 30 heavy (non-hydrogen) atoms. The third kappa shape index (κ3) is 6.15. The van der Waals surface area contributed by atoms with E-state index >= 15 is 0 Å². The summed E-state index contributed by atoms with van der Waals surface area (Å²) in [6.07, 6.45) is 2.62. The second-order valence-corrected chi connectivity index (χ2v) is 7.59. The Hall–Kier alpha value is -2.70. The molecule has 0 aliphatic carbocycles. The summed E-state index contributed by atoms with van der Waals surface area (Å²) in [7, 11) is 0. The molecule has 2 aromatic carbocycles. The second-order valence-electron chi connectivity index (χ2n) is 7.59. The maximum absolute atomic E-state index is 13.3. The van der Waals surface area contributed by atoms with Crippen molar-refractivity contribution in [3.63, 3.8) is 0 Å². The summed E-state index contributed by atoms with van der Waals surface area (Å²) in [6.45, 7) is 3.09. The number of nitrogens with zero attached hydrogens (tertiary/aromatic N) is 1. The minimum atomic E-state index is -0.548. The van der Waals surface area contributed by atoms with E-state index in [0.29, 0.717) is 26.0 Å². The summed E-state index contributed by atoms with van der Waals surface area (Å²) >= 11 is 0. The smallest absolute Gasteiger partial charge is 0.416 e. The number of hydrogen-bond donors (Lipinski definition) is 1. The molecular formula is C24H30N2O4. The minimum Gasteiger partial charge on any atom is -0.447 e. The van der Waals surface area contributed by atoms with Crippen LogP contribution in [-0.4, -0.2) is 36.1 Å². The molecule has 0 aromatic heterocycles. The van der Waals surface area contributed by atoms with E-state index in [0.717, 1.165) is 24.0 Å². The van der Waals surface area contributed by atoms with Crippen LogP contribution in [0.4, 0.5) is 4.79 Å². The number of amides is 2. The first kappa shape index (κ1) is 22.0. The molecule has 1 saturated heterocycles. The van der Waals surface area contributed by atoms with Crippen LogP contribution in [0.2, 0.25) is 0 Å². The Labute approximate surface area is 178 Å². The number of nitrogens with one attached hydrogen (secondary N) is 1. The van der Waals surface area contributed by atoms with E-state index < -0.39 is 6.09 Å². The van der Waals surface area contributed by atoms with Gasteiger partial charge in [-0.05, 0) is 24.0 Å². The molecule has 1 fully saturated rings. The monoisotopic (exact) mass is 410 g/mol. The third-order valence-corrected chi connectivity index (χ3v) is 5.28. The summed E-state index contributed by atoms with van der Waals surface area (Å²) in [5, 5.41) is 0. The van der Waals surface area contributed by atoms with Gasteiger partial charge in [0.05, 0.1) is 18.6 Å². The fourth-order valence-corrected chi connectivity index (χ4v) is 3.60. The Balaban J connectivity index is 1.59. The van der Waals surface area contributed by atoms with Gasteiger partial charge in [0.25, 0.3) is 0 Å². The minimum absolute atomic E-state index is 0.192. The zero-order chi connectivity index (χ0) is 21.2. The quantitative estimate of drug-likeness (QED) is 0.446. The highest BCUT2D eigenvalue weighted by atomic mass is 16.6. The fourth-order valence-electron chi connectivity index (χ4n) is 3.60. The van der Waals surface area contributed by atoms with Gasteiger partial charge < -0.3 is 4.74 Å².